The number of ether oxygens (including phenoxy) is 2. The van der Waals surface area contributed by atoms with Gasteiger partial charge in [-0.25, -0.2) is 4.98 Å². The van der Waals surface area contributed by atoms with E-state index in [1.807, 2.05) is 0 Å². The van der Waals surface area contributed by atoms with Crippen molar-refractivity contribution in [1.29, 1.82) is 0 Å². The highest BCUT2D eigenvalue weighted by atomic mass is 19.4. The molecule has 1 aromatic heterocycles. The van der Waals surface area contributed by atoms with Crippen molar-refractivity contribution in [3.63, 3.8) is 0 Å². The van der Waals surface area contributed by atoms with Gasteiger partial charge < -0.3 is 9.47 Å². The molecular weight excluding hydrogens is 299 g/mol. The maximum atomic E-state index is 12.4. The number of hydrazone groups is 1. The summed E-state index contributed by atoms with van der Waals surface area (Å²) >= 11 is 0. The lowest BCUT2D eigenvalue weighted by Crippen LogP contribution is -2.05. The summed E-state index contributed by atoms with van der Waals surface area (Å²) in [6.45, 7) is 0.184. The Morgan fingerprint density at radius 1 is 1.14 bits per heavy atom. The third-order valence-corrected chi connectivity index (χ3v) is 2.88. The standard InChI is InChI=1S/C14H10F3N3O2/c15-14(16,17)10-2-4-13(18-7-10)20-19-6-9-1-3-11-12(5-9)22-8-21-11/h1-7H,8H2,(H,18,20)/b19-6-. The Morgan fingerprint density at radius 2 is 1.95 bits per heavy atom. The van der Waals surface area contributed by atoms with Gasteiger partial charge >= 0.3 is 6.18 Å². The third-order valence-electron chi connectivity index (χ3n) is 2.88. The summed E-state index contributed by atoms with van der Waals surface area (Å²) in [5.74, 6) is 1.50. The summed E-state index contributed by atoms with van der Waals surface area (Å²) in [7, 11) is 0. The van der Waals surface area contributed by atoms with Gasteiger partial charge in [0.1, 0.15) is 5.82 Å². The van der Waals surface area contributed by atoms with Crippen LogP contribution in [0.2, 0.25) is 0 Å². The van der Waals surface area contributed by atoms with Gasteiger partial charge in [-0.05, 0) is 35.9 Å². The lowest BCUT2D eigenvalue weighted by atomic mass is 10.2. The minimum absolute atomic E-state index is 0.184. The molecule has 1 aromatic carbocycles. The molecule has 0 saturated heterocycles. The van der Waals surface area contributed by atoms with Crippen LogP contribution < -0.4 is 14.9 Å². The molecule has 0 atom stereocenters. The Balaban J connectivity index is 1.64. The molecule has 1 N–H and O–H groups in total. The number of alkyl halides is 3. The number of halogens is 3. The van der Waals surface area contributed by atoms with E-state index in [1.54, 1.807) is 18.2 Å². The van der Waals surface area contributed by atoms with E-state index in [2.05, 4.69) is 15.5 Å². The zero-order chi connectivity index (χ0) is 15.6. The van der Waals surface area contributed by atoms with Crippen LogP contribution in [0.4, 0.5) is 19.0 Å². The van der Waals surface area contributed by atoms with Crippen LogP contribution in [-0.2, 0) is 6.18 Å². The zero-order valence-electron chi connectivity index (χ0n) is 11.1. The number of fused-ring (bicyclic) bond motifs is 1. The van der Waals surface area contributed by atoms with Gasteiger partial charge in [-0.3, -0.25) is 5.43 Å². The Labute approximate surface area is 123 Å². The minimum atomic E-state index is -4.40. The maximum absolute atomic E-state index is 12.4. The number of benzene rings is 1. The SMILES string of the molecule is FC(F)(F)c1ccc(N/N=C\c2ccc3c(c2)OCO3)nc1. The molecule has 5 nitrogen and oxygen atoms in total. The molecule has 114 valence electrons. The highest BCUT2D eigenvalue weighted by molar-refractivity contribution is 5.81. The fourth-order valence-electron chi connectivity index (χ4n) is 1.79. The van der Waals surface area contributed by atoms with Gasteiger partial charge in [0.25, 0.3) is 0 Å². The molecule has 1 aliphatic heterocycles. The van der Waals surface area contributed by atoms with E-state index in [0.717, 1.165) is 17.8 Å². The first-order chi connectivity index (χ1) is 10.5. The van der Waals surface area contributed by atoms with E-state index in [0.29, 0.717) is 11.5 Å². The summed E-state index contributed by atoms with van der Waals surface area (Å²) in [6, 6.07) is 7.41. The molecule has 1 aliphatic rings. The number of nitrogens with one attached hydrogen (secondary N) is 1. The van der Waals surface area contributed by atoms with Crippen molar-refractivity contribution in [1.82, 2.24) is 4.98 Å². The highest BCUT2D eigenvalue weighted by Crippen LogP contribution is 2.32. The predicted molar refractivity (Wildman–Crippen MR) is 73.0 cm³/mol. The second-order valence-electron chi connectivity index (χ2n) is 4.41. The molecule has 0 radical (unpaired) electrons. The number of hydrogen-bond acceptors (Lipinski definition) is 5. The molecule has 22 heavy (non-hydrogen) atoms. The van der Waals surface area contributed by atoms with Crippen LogP contribution in [0.15, 0.2) is 41.6 Å². The van der Waals surface area contributed by atoms with Crippen LogP contribution >= 0.6 is 0 Å². The summed E-state index contributed by atoms with van der Waals surface area (Å²) in [4.78, 5) is 3.64. The smallest absolute Gasteiger partial charge is 0.417 e. The van der Waals surface area contributed by atoms with Crippen molar-refractivity contribution >= 4 is 12.0 Å². The number of nitrogens with zero attached hydrogens (tertiary/aromatic N) is 2. The summed E-state index contributed by atoms with van der Waals surface area (Å²) < 4.78 is 47.6. The monoisotopic (exact) mass is 309 g/mol. The molecule has 0 aliphatic carbocycles. The van der Waals surface area contributed by atoms with E-state index in [4.69, 9.17) is 9.47 Å². The lowest BCUT2D eigenvalue weighted by molar-refractivity contribution is -0.137. The molecule has 2 heterocycles. The molecule has 0 fully saturated rings. The maximum Gasteiger partial charge on any atom is 0.417 e. The van der Waals surface area contributed by atoms with Gasteiger partial charge in [0.05, 0.1) is 11.8 Å². The molecule has 2 aromatic rings. The number of hydrogen-bond donors (Lipinski definition) is 1. The average molecular weight is 309 g/mol. The molecular formula is C14H10F3N3O2. The largest absolute Gasteiger partial charge is 0.454 e. The fraction of sp³-hybridized carbons (Fsp3) is 0.143. The van der Waals surface area contributed by atoms with Crippen LogP contribution in [0.3, 0.4) is 0 Å². The Morgan fingerprint density at radius 3 is 2.68 bits per heavy atom. The van der Waals surface area contributed by atoms with Crippen LogP contribution in [0.1, 0.15) is 11.1 Å². The van der Waals surface area contributed by atoms with Gasteiger partial charge in [0.15, 0.2) is 11.5 Å². The van der Waals surface area contributed by atoms with Crippen LogP contribution in [0.5, 0.6) is 11.5 Å². The lowest BCUT2D eigenvalue weighted by Gasteiger charge is -2.06. The average Bonchev–Trinajstić information content (AvgIpc) is 2.94. The normalized spacial score (nSPS) is 13.6. The van der Waals surface area contributed by atoms with Crippen LogP contribution in [0.25, 0.3) is 0 Å². The third kappa shape index (κ3) is 3.11. The topological polar surface area (TPSA) is 55.7 Å². The van der Waals surface area contributed by atoms with Crippen molar-refractivity contribution in [2.45, 2.75) is 6.18 Å². The van der Waals surface area contributed by atoms with E-state index >= 15 is 0 Å². The molecule has 0 amide bonds. The molecule has 0 unspecified atom stereocenters. The Hall–Kier alpha value is -2.77. The Bertz CT molecular complexity index is 699. The second-order valence-corrected chi connectivity index (χ2v) is 4.41. The molecule has 0 saturated carbocycles. The van der Waals surface area contributed by atoms with Crippen LogP contribution in [0, 0.1) is 0 Å². The molecule has 3 rings (SSSR count). The predicted octanol–water partition coefficient (Wildman–Crippen LogP) is 3.28. The second kappa shape index (κ2) is 5.55. The molecule has 0 spiro atoms. The summed E-state index contributed by atoms with van der Waals surface area (Å²) in [5, 5.41) is 3.91. The van der Waals surface area contributed by atoms with Gasteiger partial charge in [0, 0.05) is 6.20 Å². The summed E-state index contributed by atoms with van der Waals surface area (Å²) in [5.41, 5.74) is 2.50. The first-order valence-electron chi connectivity index (χ1n) is 6.24. The number of aromatic nitrogens is 1. The highest BCUT2D eigenvalue weighted by Gasteiger charge is 2.30. The number of pyridine rings is 1. The van der Waals surface area contributed by atoms with E-state index in [9.17, 15) is 13.2 Å². The first-order valence-corrected chi connectivity index (χ1v) is 6.24. The van der Waals surface area contributed by atoms with Crippen molar-refractivity contribution in [2.24, 2.45) is 5.10 Å². The quantitative estimate of drug-likeness (QED) is 0.698. The van der Waals surface area contributed by atoms with Crippen LogP contribution in [-0.4, -0.2) is 18.0 Å². The van der Waals surface area contributed by atoms with Gasteiger partial charge in [0.2, 0.25) is 6.79 Å². The number of anilines is 1. The molecule has 8 heteroatoms. The van der Waals surface area contributed by atoms with Crippen molar-refractivity contribution < 1.29 is 22.6 Å². The summed E-state index contributed by atoms with van der Waals surface area (Å²) in [6.07, 6.45) is -2.15. The molecule has 0 bridgehead atoms. The minimum Gasteiger partial charge on any atom is -0.454 e. The first kappa shape index (κ1) is 14.2. The Kier molecular flexibility index (Phi) is 3.58. The van der Waals surface area contributed by atoms with E-state index < -0.39 is 11.7 Å². The van der Waals surface area contributed by atoms with E-state index in [-0.39, 0.29) is 12.6 Å². The van der Waals surface area contributed by atoms with Gasteiger partial charge in [-0.15, -0.1) is 0 Å². The van der Waals surface area contributed by atoms with Gasteiger partial charge in [-0.1, -0.05) is 0 Å². The van der Waals surface area contributed by atoms with Gasteiger partial charge in [-0.2, -0.15) is 18.3 Å². The fourth-order valence-corrected chi connectivity index (χ4v) is 1.79. The van der Waals surface area contributed by atoms with Crippen molar-refractivity contribution in [2.75, 3.05) is 12.2 Å². The zero-order valence-corrected chi connectivity index (χ0v) is 11.1. The van der Waals surface area contributed by atoms with Crippen molar-refractivity contribution in [3.05, 3.63) is 47.7 Å². The number of rotatable bonds is 3. The van der Waals surface area contributed by atoms with E-state index in [1.165, 1.54) is 12.3 Å². The van der Waals surface area contributed by atoms with Crippen molar-refractivity contribution in [3.8, 4) is 11.5 Å².